The molecule has 17 heavy (non-hydrogen) atoms. The molecule has 0 amide bonds. The van der Waals surface area contributed by atoms with Crippen LogP contribution in [0.1, 0.15) is 30.0 Å². The van der Waals surface area contributed by atoms with E-state index in [1.54, 1.807) is 12.4 Å². The van der Waals surface area contributed by atoms with Gasteiger partial charge in [-0.2, -0.15) is 0 Å². The number of aromatic nitrogens is 3. The first-order valence-corrected chi connectivity index (χ1v) is 5.64. The SMILES string of the molecule is Cc1cc(NC(C)c2ccncc2)nc(C)n1. The quantitative estimate of drug-likeness (QED) is 0.877. The molecule has 1 atom stereocenters. The maximum absolute atomic E-state index is 4.36. The summed E-state index contributed by atoms with van der Waals surface area (Å²) >= 11 is 0. The fourth-order valence-corrected chi connectivity index (χ4v) is 1.75. The smallest absolute Gasteiger partial charge is 0.130 e. The van der Waals surface area contributed by atoms with Crippen molar-refractivity contribution in [3.05, 3.63) is 47.7 Å². The first kappa shape index (κ1) is 11.5. The molecule has 2 rings (SSSR count). The predicted octanol–water partition coefficient (Wildman–Crippen LogP) is 2.66. The fraction of sp³-hybridized carbons (Fsp3) is 0.308. The van der Waals surface area contributed by atoms with E-state index < -0.39 is 0 Å². The lowest BCUT2D eigenvalue weighted by Gasteiger charge is -2.15. The second-order valence-corrected chi connectivity index (χ2v) is 4.09. The Hall–Kier alpha value is -1.97. The highest BCUT2D eigenvalue weighted by atomic mass is 15.0. The molecular weight excluding hydrogens is 212 g/mol. The summed E-state index contributed by atoms with van der Waals surface area (Å²) in [7, 11) is 0. The van der Waals surface area contributed by atoms with Crippen molar-refractivity contribution < 1.29 is 0 Å². The minimum absolute atomic E-state index is 0.201. The third kappa shape index (κ3) is 3.00. The molecule has 2 heterocycles. The van der Waals surface area contributed by atoms with Crippen molar-refractivity contribution in [2.45, 2.75) is 26.8 Å². The van der Waals surface area contributed by atoms with Crippen LogP contribution in [-0.2, 0) is 0 Å². The third-order valence-corrected chi connectivity index (χ3v) is 2.54. The van der Waals surface area contributed by atoms with E-state index in [4.69, 9.17) is 0 Å². The van der Waals surface area contributed by atoms with Gasteiger partial charge in [-0.25, -0.2) is 9.97 Å². The molecule has 1 N–H and O–H groups in total. The van der Waals surface area contributed by atoms with Gasteiger partial charge in [0.1, 0.15) is 11.6 Å². The highest BCUT2D eigenvalue weighted by Gasteiger charge is 2.06. The van der Waals surface area contributed by atoms with Crippen LogP contribution < -0.4 is 5.32 Å². The average molecular weight is 228 g/mol. The summed E-state index contributed by atoms with van der Waals surface area (Å²) in [6.07, 6.45) is 3.59. The van der Waals surface area contributed by atoms with Crippen LogP contribution >= 0.6 is 0 Å². The predicted molar refractivity (Wildman–Crippen MR) is 67.8 cm³/mol. The van der Waals surface area contributed by atoms with Gasteiger partial charge in [0.2, 0.25) is 0 Å². The normalized spacial score (nSPS) is 12.2. The molecule has 88 valence electrons. The fourth-order valence-electron chi connectivity index (χ4n) is 1.75. The first-order valence-electron chi connectivity index (χ1n) is 5.64. The molecule has 0 spiro atoms. The van der Waals surface area contributed by atoms with E-state index in [1.807, 2.05) is 32.0 Å². The molecule has 0 aromatic carbocycles. The largest absolute Gasteiger partial charge is 0.363 e. The van der Waals surface area contributed by atoms with Crippen molar-refractivity contribution in [1.29, 1.82) is 0 Å². The van der Waals surface area contributed by atoms with Crippen molar-refractivity contribution in [1.82, 2.24) is 15.0 Å². The summed E-state index contributed by atoms with van der Waals surface area (Å²) in [5, 5.41) is 3.36. The van der Waals surface area contributed by atoms with E-state index in [-0.39, 0.29) is 6.04 Å². The number of anilines is 1. The summed E-state index contributed by atoms with van der Waals surface area (Å²) in [6, 6.07) is 6.15. The zero-order valence-corrected chi connectivity index (χ0v) is 10.3. The van der Waals surface area contributed by atoms with E-state index in [9.17, 15) is 0 Å². The number of nitrogens with one attached hydrogen (secondary N) is 1. The van der Waals surface area contributed by atoms with Crippen LogP contribution in [0.15, 0.2) is 30.6 Å². The Morgan fingerprint density at radius 3 is 2.47 bits per heavy atom. The van der Waals surface area contributed by atoms with Crippen molar-refractivity contribution in [3.8, 4) is 0 Å². The minimum Gasteiger partial charge on any atom is -0.363 e. The number of nitrogens with zero attached hydrogens (tertiary/aromatic N) is 3. The van der Waals surface area contributed by atoms with E-state index in [2.05, 4.69) is 27.2 Å². The lowest BCUT2D eigenvalue weighted by Crippen LogP contribution is -2.09. The van der Waals surface area contributed by atoms with Crippen molar-refractivity contribution in [3.63, 3.8) is 0 Å². The number of hydrogen-bond donors (Lipinski definition) is 1. The highest BCUT2D eigenvalue weighted by molar-refractivity contribution is 5.38. The van der Waals surface area contributed by atoms with Gasteiger partial charge in [0, 0.05) is 24.2 Å². The van der Waals surface area contributed by atoms with Crippen LogP contribution in [0.25, 0.3) is 0 Å². The van der Waals surface area contributed by atoms with Crippen LogP contribution in [-0.4, -0.2) is 15.0 Å². The molecule has 0 radical (unpaired) electrons. The van der Waals surface area contributed by atoms with Crippen molar-refractivity contribution in [2.24, 2.45) is 0 Å². The van der Waals surface area contributed by atoms with Gasteiger partial charge in [-0.05, 0) is 38.5 Å². The summed E-state index contributed by atoms with van der Waals surface area (Å²) in [5.74, 6) is 1.65. The van der Waals surface area contributed by atoms with Gasteiger partial charge in [-0.3, -0.25) is 4.98 Å². The van der Waals surface area contributed by atoms with E-state index >= 15 is 0 Å². The van der Waals surface area contributed by atoms with Gasteiger partial charge < -0.3 is 5.32 Å². The Labute approximate surface area is 101 Å². The zero-order chi connectivity index (χ0) is 12.3. The second kappa shape index (κ2) is 4.91. The Morgan fingerprint density at radius 1 is 1.12 bits per heavy atom. The molecule has 2 aromatic heterocycles. The minimum atomic E-state index is 0.201. The molecule has 4 heteroatoms. The number of hydrogen-bond acceptors (Lipinski definition) is 4. The second-order valence-electron chi connectivity index (χ2n) is 4.09. The zero-order valence-electron chi connectivity index (χ0n) is 10.3. The average Bonchev–Trinajstić information content (AvgIpc) is 2.28. The van der Waals surface area contributed by atoms with Crippen LogP contribution in [0, 0.1) is 13.8 Å². The standard InChI is InChI=1S/C13H16N4/c1-9-8-13(17-11(3)15-9)16-10(2)12-4-6-14-7-5-12/h4-8,10H,1-3H3,(H,15,16,17). The first-order chi connectivity index (χ1) is 8.15. The van der Waals surface area contributed by atoms with Crippen LogP contribution in [0.2, 0.25) is 0 Å². The van der Waals surface area contributed by atoms with E-state index in [0.717, 1.165) is 17.3 Å². The van der Waals surface area contributed by atoms with Gasteiger partial charge in [0.05, 0.1) is 6.04 Å². The molecule has 4 nitrogen and oxygen atoms in total. The Bertz CT molecular complexity index is 476. The lowest BCUT2D eigenvalue weighted by atomic mass is 10.1. The van der Waals surface area contributed by atoms with Gasteiger partial charge in [-0.15, -0.1) is 0 Å². The van der Waals surface area contributed by atoms with Crippen molar-refractivity contribution in [2.75, 3.05) is 5.32 Å². The Kier molecular flexibility index (Phi) is 3.32. The molecule has 0 aliphatic rings. The highest BCUT2D eigenvalue weighted by Crippen LogP contribution is 2.17. The maximum Gasteiger partial charge on any atom is 0.130 e. The molecule has 0 saturated carbocycles. The van der Waals surface area contributed by atoms with Gasteiger partial charge in [-0.1, -0.05) is 0 Å². The number of rotatable bonds is 3. The Balaban J connectivity index is 2.16. The van der Waals surface area contributed by atoms with Crippen LogP contribution in [0.3, 0.4) is 0 Å². The summed E-state index contributed by atoms with van der Waals surface area (Å²) in [5.41, 5.74) is 2.16. The molecule has 0 fully saturated rings. The number of pyridine rings is 1. The van der Waals surface area contributed by atoms with Crippen molar-refractivity contribution >= 4 is 5.82 Å². The molecule has 1 unspecified atom stereocenters. The van der Waals surface area contributed by atoms with E-state index in [0.29, 0.717) is 0 Å². The van der Waals surface area contributed by atoms with Crippen LogP contribution in [0.4, 0.5) is 5.82 Å². The van der Waals surface area contributed by atoms with E-state index in [1.165, 1.54) is 5.56 Å². The van der Waals surface area contributed by atoms with Gasteiger partial charge in [0.15, 0.2) is 0 Å². The summed E-state index contributed by atoms with van der Waals surface area (Å²) < 4.78 is 0. The Morgan fingerprint density at radius 2 is 1.82 bits per heavy atom. The van der Waals surface area contributed by atoms with Gasteiger partial charge in [0.25, 0.3) is 0 Å². The van der Waals surface area contributed by atoms with Crippen LogP contribution in [0.5, 0.6) is 0 Å². The van der Waals surface area contributed by atoms with Gasteiger partial charge >= 0.3 is 0 Å². The monoisotopic (exact) mass is 228 g/mol. The summed E-state index contributed by atoms with van der Waals surface area (Å²) in [4.78, 5) is 12.6. The molecule has 0 bridgehead atoms. The maximum atomic E-state index is 4.36. The lowest BCUT2D eigenvalue weighted by molar-refractivity contribution is 0.861. The molecule has 0 saturated heterocycles. The molecule has 0 aliphatic heterocycles. The molecule has 0 aliphatic carbocycles. The summed E-state index contributed by atoms with van der Waals surface area (Å²) in [6.45, 7) is 5.97. The topological polar surface area (TPSA) is 50.7 Å². The third-order valence-electron chi connectivity index (χ3n) is 2.54. The number of aryl methyl sites for hydroxylation is 2. The molecular formula is C13H16N4. The molecule has 2 aromatic rings.